The van der Waals surface area contributed by atoms with Crippen LogP contribution in [0.15, 0.2) is 0 Å². The second-order valence-electron chi connectivity index (χ2n) is 4.33. The Kier molecular flexibility index (Phi) is 3.60. The highest BCUT2D eigenvalue weighted by molar-refractivity contribution is 6.18. The molecule has 3 heteroatoms. The second kappa shape index (κ2) is 4.32. The summed E-state index contributed by atoms with van der Waals surface area (Å²) in [6, 6.07) is 0.127. The third-order valence-corrected chi connectivity index (χ3v) is 3.08. The largest absolute Gasteiger partial charge is 0.352 e. The minimum atomic E-state index is 0.127. The van der Waals surface area contributed by atoms with Crippen LogP contribution >= 0.6 is 11.6 Å². The van der Waals surface area contributed by atoms with Crippen molar-refractivity contribution in [1.82, 2.24) is 5.32 Å². The third-order valence-electron chi connectivity index (χ3n) is 2.74. The maximum absolute atomic E-state index is 11.5. The highest BCUT2D eigenvalue weighted by Gasteiger charge is 2.39. The molecule has 1 N–H and O–H groups in total. The summed E-state index contributed by atoms with van der Waals surface area (Å²) in [5.41, 5.74) is 0. The minimum absolute atomic E-state index is 0.127. The number of rotatable bonds is 4. The van der Waals surface area contributed by atoms with Gasteiger partial charge in [0.2, 0.25) is 5.91 Å². The molecule has 3 unspecified atom stereocenters. The van der Waals surface area contributed by atoms with Crippen molar-refractivity contribution in [2.75, 3.05) is 5.88 Å². The Hall–Kier alpha value is -0.240. The van der Waals surface area contributed by atoms with Gasteiger partial charge in [-0.25, -0.2) is 0 Å². The molecule has 0 aromatic rings. The molecule has 0 aliphatic heterocycles. The molecule has 0 heterocycles. The van der Waals surface area contributed by atoms with Crippen molar-refractivity contribution < 1.29 is 4.79 Å². The summed E-state index contributed by atoms with van der Waals surface area (Å²) in [6.07, 6.45) is 1.04. The summed E-state index contributed by atoms with van der Waals surface area (Å²) in [4.78, 5) is 11.5. The first-order valence-electron chi connectivity index (χ1n) is 4.92. The standard InChI is InChI=1S/C10H18ClNO/c1-6(2)9(5-11)12-10(13)8-4-7(8)3/h6-9H,4-5H2,1-3H3,(H,12,13). The SMILES string of the molecule is CC(C)C(CCl)NC(=O)C1CC1C. The summed E-state index contributed by atoms with van der Waals surface area (Å²) < 4.78 is 0. The molecule has 1 amide bonds. The molecule has 0 aromatic carbocycles. The quantitative estimate of drug-likeness (QED) is 0.696. The van der Waals surface area contributed by atoms with Crippen LogP contribution in [-0.4, -0.2) is 17.8 Å². The van der Waals surface area contributed by atoms with Crippen molar-refractivity contribution in [1.29, 1.82) is 0 Å². The summed E-state index contributed by atoms with van der Waals surface area (Å²) >= 11 is 5.75. The number of hydrogen-bond acceptors (Lipinski definition) is 1. The zero-order chi connectivity index (χ0) is 10.0. The lowest BCUT2D eigenvalue weighted by Crippen LogP contribution is -2.40. The highest BCUT2D eigenvalue weighted by Crippen LogP contribution is 2.37. The molecule has 1 fully saturated rings. The molecular weight excluding hydrogens is 186 g/mol. The number of halogens is 1. The van der Waals surface area contributed by atoms with Crippen molar-refractivity contribution in [2.24, 2.45) is 17.8 Å². The average Bonchev–Trinajstić information content (AvgIpc) is 2.77. The monoisotopic (exact) mass is 203 g/mol. The smallest absolute Gasteiger partial charge is 0.223 e. The normalized spacial score (nSPS) is 28.7. The van der Waals surface area contributed by atoms with Crippen molar-refractivity contribution in [3.8, 4) is 0 Å². The molecule has 1 rings (SSSR count). The number of carbonyl (C=O) groups is 1. The van der Waals surface area contributed by atoms with Crippen LogP contribution in [-0.2, 0) is 4.79 Å². The molecule has 0 saturated heterocycles. The zero-order valence-electron chi connectivity index (χ0n) is 8.51. The number of carbonyl (C=O) groups excluding carboxylic acids is 1. The van der Waals surface area contributed by atoms with Gasteiger partial charge in [-0.2, -0.15) is 0 Å². The van der Waals surface area contributed by atoms with Gasteiger partial charge in [0, 0.05) is 17.8 Å². The highest BCUT2D eigenvalue weighted by atomic mass is 35.5. The molecule has 3 atom stereocenters. The topological polar surface area (TPSA) is 29.1 Å². The second-order valence-corrected chi connectivity index (χ2v) is 4.64. The van der Waals surface area contributed by atoms with Crippen LogP contribution in [0.3, 0.4) is 0 Å². The van der Waals surface area contributed by atoms with Crippen LogP contribution in [0, 0.1) is 17.8 Å². The lowest BCUT2D eigenvalue weighted by molar-refractivity contribution is -0.123. The lowest BCUT2D eigenvalue weighted by atomic mass is 10.1. The number of alkyl halides is 1. The van der Waals surface area contributed by atoms with E-state index in [1.165, 1.54) is 0 Å². The van der Waals surface area contributed by atoms with E-state index in [1.54, 1.807) is 0 Å². The summed E-state index contributed by atoms with van der Waals surface area (Å²) in [7, 11) is 0. The first kappa shape index (κ1) is 10.8. The zero-order valence-corrected chi connectivity index (χ0v) is 9.27. The van der Waals surface area contributed by atoms with Gasteiger partial charge in [-0.1, -0.05) is 20.8 Å². The van der Waals surface area contributed by atoms with Gasteiger partial charge in [-0.05, 0) is 18.3 Å². The first-order valence-corrected chi connectivity index (χ1v) is 5.46. The Morgan fingerprint density at radius 3 is 2.46 bits per heavy atom. The fraction of sp³-hybridized carbons (Fsp3) is 0.900. The number of amides is 1. The summed E-state index contributed by atoms with van der Waals surface area (Å²) in [6.45, 7) is 6.25. The van der Waals surface area contributed by atoms with Gasteiger partial charge in [0.25, 0.3) is 0 Å². The summed E-state index contributed by atoms with van der Waals surface area (Å²) in [5, 5.41) is 2.99. The Morgan fingerprint density at radius 2 is 2.15 bits per heavy atom. The Labute approximate surface area is 85.0 Å². The summed E-state index contributed by atoms with van der Waals surface area (Å²) in [5.74, 6) is 1.93. The van der Waals surface area contributed by atoms with E-state index in [0.717, 1.165) is 6.42 Å². The molecule has 1 aliphatic carbocycles. The van der Waals surface area contributed by atoms with Crippen molar-refractivity contribution in [3.63, 3.8) is 0 Å². The van der Waals surface area contributed by atoms with Crippen LogP contribution in [0.2, 0.25) is 0 Å². The van der Waals surface area contributed by atoms with Gasteiger partial charge >= 0.3 is 0 Å². The lowest BCUT2D eigenvalue weighted by Gasteiger charge is -2.19. The molecule has 76 valence electrons. The van der Waals surface area contributed by atoms with Crippen LogP contribution in [0.1, 0.15) is 27.2 Å². The van der Waals surface area contributed by atoms with Crippen LogP contribution in [0.5, 0.6) is 0 Å². The Morgan fingerprint density at radius 1 is 1.62 bits per heavy atom. The molecular formula is C10H18ClNO. The van der Waals surface area contributed by atoms with E-state index >= 15 is 0 Å². The molecule has 1 aliphatic rings. The molecule has 0 bridgehead atoms. The molecule has 2 nitrogen and oxygen atoms in total. The average molecular weight is 204 g/mol. The molecule has 0 radical (unpaired) electrons. The molecule has 13 heavy (non-hydrogen) atoms. The molecule has 1 saturated carbocycles. The van der Waals surface area contributed by atoms with E-state index in [-0.39, 0.29) is 17.9 Å². The number of hydrogen-bond donors (Lipinski definition) is 1. The first-order chi connectivity index (χ1) is 6.06. The van der Waals surface area contributed by atoms with Gasteiger partial charge in [-0.3, -0.25) is 4.79 Å². The third kappa shape index (κ3) is 2.87. The van der Waals surface area contributed by atoms with Gasteiger partial charge in [-0.15, -0.1) is 11.6 Å². The van der Waals surface area contributed by atoms with Crippen molar-refractivity contribution in [3.05, 3.63) is 0 Å². The van der Waals surface area contributed by atoms with Crippen molar-refractivity contribution in [2.45, 2.75) is 33.2 Å². The maximum atomic E-state index is 11.5. The van der Waals surface area contributed by atoms with E-state index in [1.807, 2.05) is 0 Å². The van der Waals surface area contributed by atoms with Gasteiger partial charge in [0.1, 0.15) is 0 Å². The van der Waals surface area contributed by atoms with Gasteiger partial charge < -0.3 is 5.32 Å². The minimum Gasteiger partial charge on any atom is -0.352 e. The predicted octanol–water partition coefficient (Wildman–Crippen LogP) is 2.02. The Bertz CT molecular complexity index is 193. The van der Waals surface area contributed by atoms with E-state index in [4.69, 9.17) is 11.6 Å². The molecule has 0 spiro atoms. The predicted molar refractivity (Wildman–Crippen MR) is 54.8 cm³/mol. The van der Waals surface area contributed by atoms with E-state index in [0.29, 0.717) is 17.7 Å². The van der Waals surface area contributed by atoms with E-state index in [2.05, 4.69) is 26.1 Å². The van der Waals surface area contributed by atoms with Crippen LogP contribution < -0.4 is 5.32 Å². The van der Waals surface area contributed by atoms with Gasteiger partial charge in [0.05, 0.1) is 0 Å². The van der Waals surface area contributed by atoms with Crippen LogP contribution in [0.4, 0.5) is 0 Å². The van der Waals surface area contributed by atoms with Crippen molar-refractivity contribution >= 4 is 17.5 Å². The van der Waals surface area contributed by atoms with E-state index < -0.39 is 0 Å². The molecule has 0 aromatic heterocycles. The Balaban J connectivity index is 2.33. The fourth-order valence-corrected chi connectivity index (χ4v) is 1.79. The number of nitrogens with one attached hydrogen (secondary N) is 1. The maximum Gasteiger partial charge on any atom is 0.223 e. The van der Waals surface area contributed by atoms with Crippen LogP contribution in [0.25, 0.3) is 0 Å². The fourth-order valence-electron chi connectivity index (χ4n) is 1.36. The van der Waals surface area contributed by atoms with E-state index in [9.17, 15) is 4.79 Å². The van der Waals surface area contributed by atoms with Gasteiger partial charge in [0.15, 0.2) is 0 Å².